The van der Waals surface area contributed by atoms with Gasteiger partial charge in [-0.2, -0.15) is 0 Å². The van der Waals surface area contributed by atoms with Gasteiger partial charge in [0.15, 0.2) is 0 Å². The van der Waals surface area contributed by atoms with Crippen LogP contribution in [-0.4, -0.2) is 29.3 Å². The highest BCUT2D eigenvalue weighted by atomic mass is 16.5. The molecule has 1 aromatic heterocycles. The zero-order valence-corrected chi connectivity index (χ0v) is 13.5. The maximum Gasteiger partial charge on any atom is 0.123 e. The lowest BCUT2D eigenvalue weighted by atomic mass is 9.93. The van der Waals surface area contributed by atoms with Gasteiger partial charge in [-0.15, -0.1) is 0 Å². The Balaban J connectivity index is 1.72. The fraction of sp³-hybridized carbons (Fsp3) is 0.421. The first-order chi connectivity index (χ1) is 11.3. The van der Waals surface area contributed by atoms with Crippen molar-refractivity contribution in [1.82, 2.24) is 10.3 Å². The van der Waals surface area contributed by atoms with E-state index < -0.39 is 0 Å². The van der Waals surface area contributed by atoms with Crippen molar-refractivity contribution < 1.29 is 9.84 Å². The van der Waals surface area contributed by atoms with Crippen molar-refractivity contribution in [1.29, 1.82) is 0 Å². The van der Waals surface area contributed by atoms with Crippen LogP contribution in [0.5, 0.6) is 5.75 Å². The van der Waals surface area contributed by atoms with Gasteiger partial charge in [-0.25, -0.2) is 0 Å². The summed E-state index contributed by atoms with van der Waals surface area (Å²) in [4.78, 5) is 4.07. The second-order valence-electron chi connectivity index (χ2n) is 6.15. The van der Waals surface area contributed by atoms with Crippen LogP contribution in [0.3, 0.4) is 0 Å². The monoisotopic (exact) mass is 312 g/mol. The second-order valence-corrected chi connectivity index (χ2v) is 6.15. The number of rotatable bonds is 5. The van der Waals surface area contributed by atoms with E-state index in [1.165, 1.54) is 5.56 Å². The highest BCUT2D eigenvalue weighted by Crippen LogP contribution is 2.27. The zero-order valence-electron chi connectivity index (χ0n) is 13.5. The highest BCUT2D eigenvalue weighted by molar-refractivity contribution is 5.65. The molecule has 122 valence electrons. The van der Waals surface area contributed by atoms with E-state index >= 15 is 0 Å². The topological polar surface area (TPSA) is 54.4 Å². The van der Waals surface area contributed by atoms with E-state index in [2.05, 4.69) is 22.4 Å². The molecule has 3 rings (SSSR count). The van der Waals surface area contributed by atoms with Crippen molar-refractivity contribution in [3.05, 3.63) is 48.3 Å². The Kier molecular flexibility index (Phi) is 5.26. The van der Waals surface area contributed by atoms with Crippen LogP contribution in [0.2, 0.25) is 0 Å². The first-order valence-electron chi connectivity index (χ1n) is 8.25. The van der Waals surface area contributed by atoms with Crippen LogP contribution in [0, 0.1) is 0 Å². The summed E-state index contributed by atoms with van der Waals surface area (Å²) in [5, 5.41) is 13.2. The maximum absolute atomic E-state index is 9.60. The Labute approximate surface area is 137 Å². The van der Waals surface area contributed by atoms with Crippen molar-refractivity contribution in [3.63, 3.8) is 0 Å². The number of aromatic nitrogens is 1. The quantitative estimate of drug-likeness (QED) is 0.890. The van der Waals surface area contributed by atoms with Gasteiger partial charge < -0.3 is 15.2 Å². The third-order valence-corrected chi connectivity index (χ3v) is 4.57. The molecule has 1 saturated carbocycles. The van der Waals surface area contributed by atoms with Gasteiger partial charge in [-0.1, -0.05) is 6.07 Å². The molecule has 0 unspecified atom stereocenters. The van der Waals surface area contributed by atoms with Gasteiger partial charge >= 0.3 is 0 Å². The molecular formula is C19H24N2O2. The number of ether oxygens (including phenoxy) is 1. The third-order valence-electron chi connectivity index (χ3n) is 4.57. The fourth-order valence-electron chi connectivity index (χ4n) is 3.17. The standard InChI is InChI=1S/C19H24N2O2/c1-23-19-7-2-15(14-8-10-20-11-9-14)12-16(19)13-21-17-3-5-18(22)6-4-17/h2,7-12,17-18,21-22H,3-6,13H2,1H3. The van der Waals surface area contributed by atoms with Gasteiger partial charge in [0, 0.05) is 30.5 Å². The summed E-state index contributed by atoms with van der Waals surface area (Å²) in [5.74, 6) is 0.908. The second kappa shape index (κ2) is 7.57. The smallest absolute Gasteiger partial charge is 0.123 e. The summed E-state index contributed by atoms with van der Waals surface area (Å²) < 4.78 is 5.50. The van der Waals surface area contributed by atoms with Crippen LogP contribution >= 0.6 is 0 Å². The molecule has 0 bridgehead atoms. The Hall–Kier alpha value is -1.91. The molecule has 4 heteroatoms. The number of hydrogen-bond donors (Lipinski definition) is 2. The van der Waals surface area contributed by atoms with Crippen LogP contribution in [0.25, 0.3) is 11.1 Å². The molecule has 1 fully saturated rings. The van der Waals surface area contributed by atoms with Crippen LogP contribution in [0.1, 0.15) is 31.2 Å². The highest BCUT2D eigenvalue weighted by Gasteiger charge is 2.19. The van der Waals surface area contributed by atoms with Crippen molar-refractivity contribution >= 4 is 0 Å². The number of hydrogen-bond acceptors (Lipinski definition) is 4. The lowest BCUT2D eigenvalue weighted by Crippen LogP contribution is -2.34. The number of aliphatic hydroxyl groups is 1. The first kappa shape index (κ1) is 16.0. The molecule has 0 amide bonds. The molecule has 0 spiro atoms. The van der Waals surface area contributed by atoms with Crippen molar-refractivity contribution in [2.24, 2.45) is 0 Å². The zero-order chi connectivity index (χ0) is 16.1. The van der Waals surface area contributed by atoms with E-state index in [4.69, 9.17) is 4.74 Å². The van der Waals surface area contributed by atoms with E-state index in [-0.39, 0.29) is 6.10 Å². The molecule has 1 aliphatic rings. The van der Waals surface area contributed by atoms with Crippen molar-refractivity contribution in [2.75, 3.05) is 7.11 Å². The van der Waals surface area contributed by atoms with Gasteiger partial charge in [0.1, 0.15) is 5.75 Å². The molecule has 1 heterocycles. The lowest BCUT2D eigenvalue weighted by molar-refractivity contribution is 0.116. The average Bonchev–Trinajstić information content (AvgIpc) is 2.62. The minimum Gasteiger partial charge on any atom is -0.496 e. The summed E-state index contributed by atoms with van der Waals surface area (Å²) in [5.41, 5.74) is 3.49. The fourth-order valence-corrected chi connectivity index (χ4v) is 3.17. The summed E-state index contributed by atoms with van der Waals surface area (Å²) in [6, 6.07) is 10.8. The van der Waals surface area contributed by atoms with Crippen LogP contribution in [0.15, 0.2) is 42.7 Å². The summed E-state index contributed by atoms with van der Waals surface area (Å²) in [7, 11) is 1.71. The Morgan fingerprint density at radius 1 is 1.09 bits per heavy atom. The minimum atomic E-state index is -0.113. The minimum absolute atomic E-state index is 0.113. The Bertz CT molecular complexity index is 623. The number of nitrogens with one attached hydrogen (secondary N) is 1. The molecule has 23 heavy (non-hydrogen) atoms. The van der Waals surface area contributed by atoms with E-state index in [1.807, 2.05) is 30.6 Å². The van der Waals surface area contributed by atoms with E-state index in [9.17, 15) is 5.11 Å². The summed E-state index contributed by atoms with van der Waals surface area (Å²) in [6.45, 7) is 0.781. The van der Waals surface area contributed by atoms with Crippen LogP contribution in [-0.2, 0) is 6.54 Å². The number of aliphatic hydroxyl groups excluding tert-OH is 1. The molecule has 2 aromatic rings. The van der Waals surface area contributed by atoms with Crippen LogP contribution < -0.4 is 10.1 Å². The lowest BCUT2D eigenvalue weighted by Gasteiger charge is -2.26. The molecule has 0 atom stereocenters. The Morgan fingerprint density at radius 2 is 1.83 bits per heavy atom. The first-order valence-corrected chi connectivity index (χ1v) is 8.25. The van der Waals surface area contributed by atoms with E-state index in [0.717, 1.165) is 49.1 Å². The molecule has 0 saturated heterocycles. The molecule has 4 nitrogen and oxygen atoms in total. The van der Waals surface area contributed by atoms with Gasteiger partial charge in [-0.3, -0.25) is 4.98 Å². The van der Waals surface area contributed by atoms with Gasteiger partial charge in [0.05, 0.1) is 13.2 Å². The van der Waals surface area contributed by atoms with E-state index in [1.54, 1.807) is 7.11 Å². The predicted molar refractivity (Wildman–Crippen MR) is 91.3 cm³/mol. The number of methoxy groups -OCH3 is 1. The molecule has 0 radical (unpaired) electrons. The van der Waals surface area contributed by atoms with Crippen molar-refractivity contribution in [2.45, 2.75) is 44.4 Å². The van der Waals surface area contributed by atoms with Gasteiger partial charge in [0.25, 0.3) is 0 Å². The largest absolute Gasteiger partial charge is 0.496 e. The third kappa shape index (κ3) is 4.09. The average molecular weight is 312 g/mol. The summed E-state index contributed by atoms with van der Waals surface area (Å²) in [6.07, 6.45) is 7.37. The molecular weight excluding hydrogens is 288 g/mol. The number of nitrogens with zero attached hydrogens (tertiary/aromatic N) is 1. The number of pyridine rings is 1. The van der Waals surface area contributed by atoms with Gasteiger partial charge in [0.2, 0.25) is 0 Å². The molecule has 1 aliphatic carbocycles. The van der Waals surface area contributed by atoms with E-state index in [0.29, 0.717) is 6.04 Å². The maximum atomic E-state index is 9.60. The predicted octanol–water partition coefficient (Wildman–Crippen LogP) is 3.15. The van der Waals surface area contributed by atoms with Gasteiger partial charge in [-0.05, 0) is 61.1 Å². The molecule has 0 aliphatic heterocycles. The molecule has 2 N–H and O–H groups in total. The number of benzene rings is 1. The normalized spacial score (nSPS) is 21.1. The molecule has 1 aromatic carbocycles. The Morgan fingerprint density at radius 3 is 2.52 bits per heavy atom. The van der Waals surface area contributed by atoms with Crippen molar-refractivity contribution in [3.8, 4) is 16.9 Å². The van der Waals surface area contributed by atoms with Crippen LogP contribution in [0.4, 0.5) is 0 Å². The summed E-state index contributed by atoms with van der Waals surface area (Å²) >= 11 is 0. The SMILES string of the molecule is COc1ccc(-c2ccncc2)cc1CNC1CCC(O)CC1.